The highest BCUT2D eigenvalue weighted by atomic mass is 32.1. The summed E-state index contributed by atoms with van der Waals surface area (Å²) in [5, 5.41) is 5.17. The van der Waals surface area contributed by atoms with E-state index in [1.807, 2.05) is 48.7 Å². The maximum atomic E-state index is 13.5. The van der Waals surface area contributed by atoms with Gasteiger partial charge in [-0.3, -0.25) is 9.59 Å². The number of aryl methyl sites for hydroxylation is 1. The molecule has 1 saturated carbocycles. The van der Waals surface area contributed by atoms with Gasteiger partial charge in [-0.2, -0.15) is 0 Å². The zero-order chi connectivity index (χ0) is 20.9. The van der Waals surface area contributed by atoms with Gasteiger partial charge in [0.15, 0.2) is 5.76 Å². The monoisotopic (exact) mass is 422 g/mol. The van der Waals surface area contributed by atoms with Crippen LogP contribution in [-0.4, -0.2) is 22.8 Å². The molecule has 1 aliphatic carbocycles. The van der Waals surface area contributed by atoms with Crippen LogP contribution in [0.1, 0.15) is 58.3 Å². The molecule has 2 aromatic heterocycles. The Morgan fingerprint density at radius 2 is 1.90 bits per heavy atom. The van der Waals surface area contributed by atoms with Crippen LogP contribution in [0.4, 0.5) is 0 Å². The number of furan rings is 1. The van der Waals surface area contributed by atoms with Crippen LogP contribution in [0.5, 0.6) is 0 Å². The van der Waals surface area contributed by atoms with E-state index in [-0.39, 0.29) is 23.6 Å². The normalized spacial score (nSPS) is 15.1. The fourth-order valence-corrected chi connectivity index (χ4v) is 4.67. The number of hydrogen-bond donors (Lipinski definition) is 1. The fraction of sp³-hybridized carbons (Fsp3) is 0.333. The molecule has 0 saturated heterocycles. The maximum Gasteiger partial charge on any atom is 0.290 e. The molecule has 1 aromatic carbocycles. The van der Waals surface area contributed by atoms with E-state index in [0.717, 1.165) is 41.7 Å². The lowest BCUT2D eigenvalue weighted by Crippen LogP contribution is -2.45. The molecule has 2 amide bonds. The van der Waals surface area contributed by atoms with Gasteiger partial charge in [0.2, 0.25) is 5.91 Å². The van der Waals surface area contributed by atoms with Crippen LogP contribution in [0.3, 0.4) is 0 Å². The highest BCUT2D eigenvalue weighted by Crippen LogP contribution is 2.28. The van der Waals surface area contributed by atoms with Crippen molar-refractivity contribution in [3.8, 4) is 0 Å². The second-order valence-corrected chi connectivity index (χ2v) is 8.83. The van der Waals surface area contributed by atoms with Crippen molar-refractivity contribution in [3.63, 3.8) is 0 Å². The third-order valence-corrected chi connectivity index (χ3v) is 6.41. The minimum Gasteiger partial charge on any atom is -0.459 e. The fourth-order valence-electron chi connectivity index (χ4n) is 3.96. The Hall–Kier alpha value is -2.86. The van der Waals surface area contributed by atoms with Crippen molar-refractivity contribution in [2.24, 2.45) is 0 Å². The summed E-state index contributed by atoms with van der Waals surface area (Å²) in [4.78, 5) is 29.5. The van der Waals surface area contributed by atoms with Crippen molar-refractivity contribution in [1.82, 2.24) is 10.2 Å². The first-order valence-electron chi connectivity index (χ1n) is 10.4. The average Bonchev–Trinajstić information content (AvgIpc) is 3.52. The van der Waals surface area contributed by atoms with E-state index in [0.29, 0.717) is 6.54 Å². The number of carbonyl (C=O) groups is 2. The first-order valence-corrected chi connectivity index (χ1v) is 11.2. The van der Waals surface area contributed by atoms with Crippen LogP contribution < -0.4 is 5.32 Å². The third kappa shape index (κ3) is 4.65. The van der Waals surface area contributed by atoms with Crippen LogP contribution in [0.15, 0.2) is 64.6 Å². The summed E-state index contributed by atoms with van der Waals surface area (Å²) in [6.07, 6.45) is 5.72. The Bertz CT molecular complexity index is 959. The summed E-state index contributed by atoms with van der Waals surface area (Å²) < 4.78 is 5.39. The quantitative estimate of drug-likeness (QED) is 0.577. The number of hydrogen-bond acceptors (Lipinski definition) is 4. The van der Waals surface area contributed by atoms with Crippen molar-refractivity contribution in [3.05, 3.63) is 81.9 Å². The molecule has 1 aliphatic rings. The van der Waals surface area contributed by atoms with Crippen molar-refractivity contribution in [2.75, 3.05) is 0 Å². The molecule has 0 aliphatic heterocycles. The molecule has 0 spiro atoms. The summed E-state index contributed by atoms with van der Waals surface area (Å²) in [6.45, 7) is 2.35. The van der Waals surface area contributed by atoms with Gasteiger partial charge in [-0.15, -0.1) is 11.3 Å². The van der Waals surface area contributed by atoms with E-state index in [2.05, 4.69) is 5.32 Å². The number of benzene rings is 1. The van der Waals surface area contributed by atoms with E-state index in [1.54, 1.807) is 28.4 Å². The number of rotatable bonds is 7. The highest BCUT2D eigenvalue weighted by molar-refractivity contribution is 7.09. The van der Waals surface area contributed by atoms with Gasteiger partial charge in [0.05, 0.1) is 12.8 Å². The summed E-state index contributed by atoms with van der Waals surface area (Å²) in [7, 11) is 0. The van der Waals surface area contributed by atoms with E-state index in [4.69, 9.17) is 4.42 Å². The van der Waals surface area contributed by atoms with Gasteiger partial charge in [0.1, 0.15) is 6.04 Å². The molecule has 0 unspecified atom stereocenters. The van der Waals surface area contributed by atoms with Crippen LogP contribution in [0.2, 0.25) is 0 Å². The lowest BCUT2D eigenvalue weighted by molar-refractivity contribution is -0.126. The Morgan fingerprint density at radius 3 is 2.53 bits per heavy atom. The molecule has 4 rings (SSSR count). The number of carbonyl (C=O) groups excluding carboxylic acids is 2. The van der Waals surface area contributed by atoms with Gasteiger partial charge in [-0.05, 0) is 48.9 Å². The second kappa shape index (κ2) is 9.30. The molecular weight excluding hydrogens is 396 g/mol. The lowest BCUT2D eigenvalue weighted by atomic mass is 10.0. The van der Waals surface area contributed by atoms with Gasteiger partial charge in [-0.25, -0.2) is 0 Å². The first kappa shape index (κ1) is 20.4. The molecule has 2 heterocycles. The number of amides is 2. The van der Waals surface area contributed by atoms with Crippen molar-refractivity contribution in [1.29, 1.82) is 0 Å². The van der Waals surface area contributed by atoms with E-state index in [9.17, 15) is 9.59 Å². The molecule has 3 aromatic rings. The Morgan fingerprint density at radius 1 is 1.13 bits per heavy atom. The second-order valence-electron chi connectivity index (χ2n) is 7.79. The van der Waals surface area contributed by atoms with Crippen LogP contribution in [-0.2, 0) is 11.3 Å². The Kier molecular flexibility index (Phi) is 6.33. The zero-order valence-electron chi connectivity index (χ0n) is 17.0. The zero-order valence-corrected chi connectivity index (χ0v) is 17.9. The van der Waals surface area contributed by atoms with Crippen LogP contribution in [0, 0.1) is 6.92 Å². The molecule has 0 bridgehead atoms. The smallest absolute Gasteiger partial charge is 0.290 e. The molecule has 0 radical (unpaired) electrons. The molecule has 156 valence electrons. The van der Waals surface area contributed by atoms with E-state index in [1.165, 1.54) is 6.26 Å². The molecule has 30 heavy (non-hydrogen) atoms. The largest absolute Gasteiger partial charge is 0.459 e. The van der Waals surface area contributed by atoms with E-state index >= 15 is 0 Å². The number of nitrogens with one attached hydrogen (secondary N) is 1. The first-order chi connectivity index (χ1) is 14.6. The summed E-state index contributed by atoms with van der Waals surface area (Å²) in [5.74, 6) is -0.194. The lowest BCUT2D eigenvalue weighted by Gasteiger charge is -2.31. The SMILES string of the molecule is Cc1ccc([C@@H](C(=O)NC2CCCC2)N(Cc2cccs2)C(=O)c2ccco2)cc1. The number of thiophene rings is 1. The topological polar surface area (TPSA) is 62.6 Å². The standard InChI is InChI=1S/C24H26N2O3S/c1-17-10-12-18(13-11-17)22(23(27)25-19-6-2-3-7-19)26(16-20-8-5-15-30-20)24(28)21-9-4-14-29-21/h4-5,8-15,19,22H,2-3,6-7,16H2,1H3,(H,25,27)/t22-/m0/s1. The van der Waals surface area contributed by atoms with Crippen LogP contribution >= 0.6 is 11.3 Å². The van der Waals surface area contributed by atoms with Crippen molar-refractivity contribution >= 4 is 23.2 Å². The predicted molar refractivity (Wildman–Crippen MR) is 117 cm³/mol. The molecule has 1 fully saturated rings. The minimum atomic E-state index is -0.731. The minimum absolute atomic E-state index is 0.137. The van der Waals surface area contributed by atoms with Gasteiger partial charge < -0.3 is 14.6 Å². The van der Waals surface area contributed by atoms with Gasteiger partial charge in [0.25, 0.3) is 5.91 Å². The maximum absolute atomic E-state index is 13.5. The highest BCUT2D eigenvalue weighted by Gasteiger charge is 2.34. The summed E-state index contributed by atoms with van der Waals surface area (Å²) in [6, 6.07) is 14.5. The van der Waals surface area contributed by atoms with Crippen molar-refractivity contribution in [2.45, 2.75) is 51.2 Å². The van der Waals surface area contributed by atoms with Gasteiger partial charge >= 0.3 is 0 Å². The molecule has 1 atom stereocenters. The predicted octanol–water partition coefficient (Wildman–Crippen LogP) is 5.09. The third-order valence-electron chi connectivity index (χ3n) is 5.55. The molecule has 1 N–H and O–H groups in total. The van der Waals surface area contributed by atoms with Gasteiger partial charge in [-0.1, -0.05) is 48.7 Å². The average molecular weight is 423 g/mol. The molecule has 6 heteroatoms. The summed E-state index contributed by atoms with van der Waals surface area (Å²) >= 11 is 1.57. The van der Waals surface area contributed by atoms with Gasteiger partial charge in [0, 0.05) is 10.9 Å². The molecular formula is C24H26N2O3S. The Labute approximate surface area is 180 Å². The van der Waals surface area contributed by atoms with E-state index < -0.39 is 6.04 Å². The van der Waals surface area contributed by atoms with Crippen LogP contribution in [0.25, 0.3) is 0 Å². The summed E-state index contributed by atoms with van der Waals surface area (Å²) in [5.41, 5.74) is 1.91. The number of nitrogens with zero attached hydrogens (tertiary/aromatic N) is 1. The molecule has 5 nitrogen and oxygen atoms in total. The van der Waals surface area contributed by atoms with Crippen molar-refractivity contribution < 1.29 is 14.0 Å². The Balaban J connectivity index is 1.71.